The van der Waals surface area contributed by atoms with Gasteiger partial charge in [0.25, 0.3) is 0 Å². The van der Waals surface area contributed by atoms with Gasteiger partial charge in [0.1, 0.15) is 14.9 Å². The Labute approximate surface area is 143 Å². The number of hydrogen-bond donors (Lipinski definition) is 0. The van der Waals surface area contributed by atoms with Crippen molar-refractivity contribution in [2.45, 2.75) is 18.1 Å². The fourth-order valence-electron chi connectivity index (χ4n) is 1.89. The molecule has 1 aromatic rings. The first kappa shape index (κ1) is 25.3. The van der Waals surface area contributed by atoms with Crippen LogP contribution >= 0.6 is 0 Å². The molecule has 10 heteroatoms. The predicted octanol–water partition coefficient (Wildman–Crippen LogP) is -4.71. The van der Waals surface area contributed by atoms with Crippen LogP contribution in [-0.4, -0.2) is 45.7 Å². The quantitative estimate of drug-likeness (QED) is 0.369. The van der Waals surface area contributed by atoms with E-state index in [2.05, 4.69) is 0 Å². The molecular formula is C11H15NaO8S. The molecule has 0 amide bonds. The van der Waals surface area contributed by atoms with E-state index in [1.807, 2.05) is 0 Å². The van der Waals surface area contributed by atoms with Gasteiger partial charge in [-0.2, -0.15) is 0 Å². The maximum atomic E-state index is 12.0. The summed E-state index contributed by atoms with van der Waals surface area (Å²) in [4.78, 5) is 23.7. The van der Waals surface area contributed by atoms with Crippen molar-refractivity contribution in [2.24, 2.45) is 0 Å². The Morgan fingerprint density at radius 2 is 1.48 bits per heavy atom. The van der Waals surface area contributed by atoms with E-state index in [-0.39, 0.29) is 57.1 Å². The molecule has 8 nitrogen and oxygen atoms in total. The average molecular weight is 330 g/mol. The summed E-state index contributed by atoms with van der Waals surface area (Å²) in [6, 6.07) is 5.91. The van der Waals surface area contributed by atoms with Crippen molar-refractivity contribution in [3.8, 4) is 0 Å². The second kappa shape index (κ2) is 8.11. The molecule has 0 fully saturated rings. The molecule has 0 saturated heterocycles. The van der Waals surface area contributed by atoms with Crippen molar-refractivity contribution in [1.29, 1.82) is 0 Å². The first-order valence-corrected chi connectivity index (χ1v) is 6.31. The number of benzene rings is 1. The van der Waals surface area contributed by atoms with Crippen molar-refractivity contribution >= 4 is 21.7 Å². The number of hydrogen-bond acceptors (Lipinski definition) is 5. The fourth-order valence-corrected chi connectivity index (χ4v) is 2.54. The van der Waals surface area contributed by atoms with Gasteiger partial charge in [-0.3, -0.25) is 9.59 Å². The molecule has 0 radical (unpaired) electrons. The molecule has 1 unspecified atom stereocenters. The van der Waals surface area contributed by atoms with Gasteiger partial charge in [-0.1, -0.05) is 24.3 Å². The second-order valence-electron chi connectivity index (χ2n) is 4.16. The summed E-state index contributed by atoms with van der Waals surface area (Å²) in [5.41, 5.74) is 0.185. The Kier molecular flexibility index (Phi) is 9.77. The first-order valence-electron chi connectivity index (χ1n) is 4.90. The SMILES string of the molecule is CC1(S(=O)(=O)[O-])CC(=O)c2ccccc2C1=O.O.O.O.[Na+]. The van der Waals surface area contributed by atoms with Gasteiger partial charge in [-0.25, -0.2) is 8.42 Å². The number of carbonyl (C=O) groups is 2. The van der Waals surface area contributed by atoms with Crippen LogP contribution in [0.5, 0.6) is 0 Å². The van der Waals surface area contributed by atoms with E-state index in [1.54, 1.807) is 6.07 Å². The summed E-state index contributed by atoms with van der Waals surface area (Å²) in [5.74, 6) is -1.30. The molecule has 114 valence electrons. The largest absolute Gasteiger partial charge is 1.00 e. The van der Waals surface area contributed by atoms with Crippen LogP contribution < -0.4 is 29.6 Å². The van der Waals surface area contributed by atoms with Crippen LogP contribution in [0.25, 0.3) is 0 Å². The molecule has 1 atom stereocenters. The predicted molar refractivity (Wildman–Crippen MR) is 68.7 cm³/mol. The molecule has 1 aliphatic rings. The summed E-state index contributed by atoms with van der Waals surface area (Å²) in [7, 11) is -4.87. The van der Waals surface area contributed by atoms with Crippen LogP contribution in [-0.2, 0) is 10.1 Å². The number of carbonyl (C=O) groups excluding carboxylic acids is 2. The van der Waals surface area contributed by atoms with E-state index in [1.165, 1.54) is 18.2 Å². The van der Waals surface area contributed by atoms with E-state index in [4.69, 9.17) is 0 Å². The first-order chi connectivity index (χ1) is 7.77. The summed E-state index contributed by atoms with van der Waals surface area (Å²) < 4.78 is 31.3. The molecule has 0 aliphatic heterocycles. The zero-order valence-electron chi connectivity index (χ0n) is 11.5. The molecule has 2 rings (SSSR count). The van der Waals surface area contributed by atoms with E-state index in [0.717, 1.165) is 6.92 Å². The maximum Gasteiger partial charge on any atom is 1.00 e. The van der Waals surface area contributed by atoms with E-state index in [0.29, 0.717) is 0 Å². The van der Waals surface area contributed by atoms with Crippen LogP contribution in [0.15, 0.2) is 24.3 Å². The molecular weight excluding hydrogens is 315 g/mol. The van der Waals surface area contributed by atoms with Crippen LogP contribution in [0.1, 0.15) is 34.1 Å². The smallest absolute Gasteiger partial charge is 0.747 e. The molecule has 1 aromatic carbocycles. The molecule has 21 heavy (non-hydrogen) atoms. The Morgan fingerprint density at radius 3 is 1.90 bits per heavy atom. The van der Waals surface area contributed by atoms with Gasteiger partial charge in [-0.15, -0.1) is 0 Å². The van der Waals surface area contributed by atoms with Gasteiger partial charge >= 0.3 is 29.6 Å². The minimum Gasteiger partial charge on any atom is -0.747 e. The van der Waals surface area contributed by atoms with Crippen LogP contribution in [0.4, 0.5) is 0 Å². The molecule has 0 saturated carbocycles. The summed E-state index contributed by atoms with van der Waals surface area (Å²) in [5, 5.41) is 0. The van der Waals surface area contributed by atoms with Crippen LogP contribution in [0.3, 0.4) is 0 Å². The van der Waals surface area contributed by atoms with Gasteiger partial charge in [-0.05, 0) is 6.92 Å². The van der Waals surface area contributed by atoms with Crippen LogP contribution in [0, 0.1) is 0 Å². The third-order valence-corrected chi connectivity index (χ3v) is 4.44. The van der Waals surface area contributed by atoms with Crippen molar-refractivity contribution in [3.63, 3.8) is 0 Å². The fraction of sp³-hybridized carbons (Fsp3) is 0.273. The number of Topliss-reactive ketones (excluding diaryl/α,β-unsaturated/α-hetero) is 2. The monoisotopic (exact) mass is 330 g/mol. The molecule has 1 aliphatic carbocycles. The number of ketones is 2. The normalized spacial score (nSPS) is 19.9. The molecule has 0 heterocycles. The Bertz CT molecular complexity index is 627. The van der Waals surface area contributed by atoms with Gasteiger partial charge in [0, 0.05) is 17.5 Å². The third-order valence-electron chi connectivity index (χ3n) is 3.00. The van der Waals surface area contributed by atoms with Crippen LogP contribution in [0.2, 0.25) is 0 Å². The minimum atomic E-state index is -4.87. The summed E-state index contributed by atoms with van der Waals surface area (Å²) in [6.07, 6.45) is -0.589. The van der Waals surface area contributed by atoms with Crippen molar-refractivity contribution in [1.82, 2.24) is 0 Å². The molecule has 0 aromatic heterocycles. The molecule has 0 spiro atoms. The number of rotatable bonds is 1. The zero-order chi connectivity index (χ0) is 12.8. The summed E-state index contributed by atoms with van der Waals surface area (Å²) in [6.45, 7) is 1.01. The molecule has 6 N–H and O–H groups in total. The maximum absolute atomic E-state index is 12.0. The third kappa shape index (κ3) is 3.96. The Morgan fingerprint density at radius 1 is 1.05 bits per heavy atom. The topological polar surface area (TPSA) is 186 Å². The molecule has 0 bridgehead atoms. The van der Waals surface area contributed by atoms with Crippen molar-refractivity contribution in [2.75, 3.05) is 0 Å². The average Bonchev–Trinajstić information content (AvgIpc) is 2.25. The van der Waals surface area contributed by atoms with Gasteiger partial charge in [0.2, 0.25) is 0 Å². The Hall–Kier alpha value is -0.650. The van der Waals surface area contributed by atoms with Gasteiger partial charge in [0.05, 0.1) is 0 Å². The van der Waals surface area contributed by atoms with Gasteiger partial charge < -0.3 is 21.0 Å². The van der Waals surface area contributed by atoms with E-state index < -0.39 is 32.9 Å². The number of fused-ring (bicyclic) bond motifs is 1. The standard InChI is InChI=1S/C11H10O5S.Na.3H2O/c1-11(17(14,15)16)6-9(12)7-4-2-3-5-8(7)10(11)13;;;;/h2-5H,6H2,1H3,(H,14,15,16);;3*1H2/q;+1;;;/p-1. The van der Waals surface area contributed by atoms with Crippen molar-refractivity contribution in [3.05, 3.63) is 35.4 Å². The van der Waals surface area contributed by atoms with E-state index >= 15 is 0 Å². The van der Waals surface area contributed by atoms with E-state index in [9.17, 15) is 22.6 Å². The van der Waals surface area contributed by atoms with Gasteiger partial charge in [0.15, 0.2) is 11.6 Å². The Balaban J connectivity index is -0.000000810. The summed E-state index contributed by atoms with van der Waals surface area (Å²) >= 11 is 0. The van der Waals surface area contributed by atoms with Crippen molar-refractivity contribution < 1.29 is 68.5 Å². The zero-order valence-corrected chi connectivity index (χ0v) is 14.3. The second-order valence-corrected chi connectivity index (χ2v) is 5.97. The minimum absolute atomic E-state index is 0.